The summed E-state index contributed by atoms with van der Waals surface area (Å²) in [4.78, 5) is 14.8. The molecule has 1 aromatic carbocycles. The number of nitrogens with one attached hydrogen (secondary N) is 1. The monoisotopic (exact) mass is 344 g/mol. The summed E-state index contributed by atoms with van der Waals surface area (Å²) in [6, 6.07) is 7.53. The summed E-state index contributed by atoms with van der Waals surface area (Å²) in [7, 11) is 0. The van der Waals surface area contributed by atoms with E-state index in [1.165, 1.54) is 17.2 Å². The molecule has 0 saturated carbocycles. The van der Waals surface area contributed by atoms with Gasteiger partial charge in [-0.15, -0.1) is 0 Å². The van der Waals surface area contributed by atoms with Gasteiger partial charge in [0.25, 0.3) is 5.56 Å². The zero-order valence-electron chi connectivity index (χ0n) is 13.5. The van der Waals surface area contributed by atoms with Crippen LogP contribution < -0.4 is 5.56 Å². The van der Waals surface area contributed by atoms with Gasteiger partial charge >= 0.3 is 0 Å². The maximum Gasteiger partial charge on any atom is 0.264 e. The molecule has 0 bridgehead atoms. The molecule has 0 radical (unpaired) electrons. The maximum absolute atomic E-state index is 12.2. The number of hydrogen-bond acceptors (Lipinski definition) is 5. The molecule has 0 amide bonds. The zero-order valence-corrected chi connectivity index (χ0v) is 14.3. The average Bonchev–Trinajstić information content (AvgIpc) is 2.57. The average molecular weight is 344 g/mol. The Morgan fingerprint density at radius 1 is 1.25 bits per heavy atom. The van der Waals surface area contributed by atoms with Crippen molar-refractivity contribution in [2.45, 2.75) is 26.2 Å². The van der Waals surface area contributed by atoms with Crippen molar-refractivity contribution in [2.75, 3.05) is 13.1 Å². The normalized spacial score (nSPS) is 15.1. The van der Waals surface area contributed by atoms with E-state index < -0.39 is 5.56 Å². The van der Waals surface area contributed by atoms with Gasteiger partial charge in [0.15, 0.2) is 4.77 Å². The minimum absolute atomic E-state index is 0.109. The molecular weight excluding hydrogens is 324 g/mol. The van der Waals surface area contributed by atoms with E-state index in [2.05, 4.69) is 10.1 Å². The first-order valence-electron chi connectivity index (χ1n) is 8.01. The summed E-state index contributed by atoms with van der Waals surface area (Å²) in [5, 5.41) is 16.9. The van der Waals surface area contributed by atoms with Crippen molar-refractivity contribution in [3.8, 4) is 11.6 Å². The Hall–Kier alpha value is -2.41. The summed E-state index contributed by atoms with van der Waals surface area (Å²) in [5.74, 6) is -0.196. The second kappa shape index (κ2) is 7.00. The molecular formula is C17H20N4O2S. The van der Waals surface area contributed by atoms with Gasteiger partial charge in [-0.3, -0.25) is 19.4 Å². The van der Waals surface area contributed by atoms with Crippen LogP contribution in [-0.2, 0) is 0 Å². The van der Waals surface area contributed by atoms with Crippen LogP contribution in [0.15, 0.2) is 34.2 Å². The summed E-state index contributed by atoms with van der Waals surface area (Å²) >= 11 is 5.23. The predicted octanol–water partition coefficient (Wildman–Crippen LogP) is 2.73. The molecule has 0 unspecified atom stereocenters. The van der Waals surface area contributed by atoms with Crippen LogP contribution in [0.2, 0.25) is 0 Å². The van der Waals surface area contributed by atoms with E-state index in [9.17, 15) is 9.90 Å². The number of H-pyrrole nitrogens is 1. The largest absolute Gasteiger partial charge is 0.494 e. The highest BCUT2D eigenvalue weighted by Gasteiger charge is 2.14. The number of aryl methyl sites for hydroxylation is 1. The van der Waals surface area contributed by atoms with Crippen molar-refractivity contribution in [3.05, 3.63) is 50.5 Å². The highest BCUT2D eigenvalue weighted by Crippen LogP contribution is 2.21. The van der Waals surface area contributed by atoms with Crippen molar-refractivity contribution in [1.82, 2.24) is 14.6 Å². The number of para-hydroxylation sites is 1. The van der Waals surface area contributed by atoms with Crippen molar-refractivity contribution < 1.29 is 5.11 Å². The molecule has 2 heterocycles. The van der Waals surface area contributed by atoms with Crippen LogP contribution in [0, 0.1) is 11.7 Å². The molecule has 2 N–H and O–H groups in total. The number of aromatic amines is 1. The third kappa shape index (κ3) is 3.26. The zero-order chi connectivity index (χ0) is 17.1. The second-order valence-electron chi connectivity index (χ2n) is 5.88. The minimum atomic E-state index is -0.442. The van der Waals surface area contributed by atoms with E-state index in [-0.39, 0.29) is 16.2 Å². The van der Waals surface area contributed by atoms with Crippen LogP contribution in [0.25, 0.3) is 5.69 Å². The lowest BCUT2D eigenvalue weighted by Crippen LogP contribution is -2.25. The SMILES string of the molecule is Cc1ccccc1-n1c(O)c(/C=N/N2CCCCC2)c(=O)[nH]c1=S. The fourth-order valence-electron chi connectivity index (χ4n) is 2.82. The van der Waals surface area contributed by atoms with Gasteiger partial charge in [-0.25, -0.2) is 0 Å². The molecule has 0 aliphatic carbocycles. The van der Waals surface area contributed by atoms with Crippen LogP contribution in [-0.4, -0.2) is 39.0 Å². The van der Waals surface area contributed by atoms with Crippen molar-refractivity contribution in [2.24, 2.45) is 5.10 Å². The molecule has 2 aromatic rings. The lowest BCUT2D eigenvalue weighted by Gasteiger charge is -2.23. The number of aromatic nitrogens is 2. The van der Waals surface area contributed by atoms with E-state index in [4.69, 9.17) is 12.2 Å². The first-order chi connectivity index (χ1) is 11.6. The van der Waals surface area contributed by atoms with Crippen LogP contribution in [0.3, 0.4) is 0 Å². The molecule has 1 aromatic heterocycles. The number of aromatic hydroxyl groups is 1. The first kappa shape index (κ1) is 16.4. The fourth-order valence-corrected chi connectivity index (χ4v) is 3.10. The summed E-state index contributed by atoms with van der Waals surface area (Å²) in [6.07, 6.45) is 4.81. The third-order valence-corrected chi connectivity index (χ3v) is 4.44. The van der Waals surface area contributed by atoms with Crippen molar-refractivity contribution in [1.29, 1.82) is 0 Å². The van der Waals surface area contributed by atoms with Crippen LogP contribution in [0.5, 0.6) is 5.88 Å². The number of rotatable bonds is 3. The second-order valence-corrected chi connectivity index (χ2v) is 6.26. The fraction of sp³-hybridized carbons (Fsp3) is 0.353. The van der Waals surface area contributed by atoms with E-state index in [1.54, 1.807) is 0 Å². The molecule has 24 heavy (non-hydrogen) atoms. The summed E-state index contributed by atoms with van der Waals surface area (Å²) in [6.45, 7) is 3.65. The summed E-state index contributed by atoms with van der Waals surface area (Å²) in [5.41, 5.74) is 1.33. The lowest BCUT2D eigenvalue weighted by atomic mass is 10.2. The third-order valence-electron chi connectivity index (χ3n) is 4.16. The van der Waals surface area contributed by atoms with Crippen molar-refractivity contribution in [3.63, 3.8) is 0 Å². The minimum Gasteiger partial charge on any atom is -0.494 e. The standard InChI is InChI=1S/C17H20N4O2S/c1-12-7-3-4-8-14(12)21-16(23)13(15(22)19-17(21)24)11-18-20-9-5-2-6-10-20/h3-4,7-8,11,23H,2,5-6,9-10H2,1H3,(H,19,22,24)/b18-11+. The molecule has 0 spiro atoms. The Labute approximate surface area is 145 Å². The molecule has 1 fully saturated rings. The Bertz CT molecular complexity index is 879. The van der Waals surface area contributed by atoms with Crippen LogP contribution in [0.1, 0.15) is 30.4 Å². The Kier molecular flexibility index (Phi) is 4.80. The Balaban J connectivity index is 2.06. The highest BCUT2D eigenvalue weighted by molar-refractivity contribution is 7.71. The Morgan fingerprint density at radius 3 is 2.67 bits per heavy atom. The van der Waals surface area contributed by atoms with Crippen LogP contribution >= 0.6 is 12.2 Å². The summed E-state index contributed by atoms with van der Waals surface area (Å²) < 4.78 is 1.62. The van der Waals surface area contributed by atoms with Gasteiger partial charge in [0, 0.05) is 13.1 Å². The van der Waals surface area contributed by atoms with Gasteiger partial charge in [-0.05, 0) is 50.0 Å². The van der Waals surface area contributed by atoms with E-state index in [1.807, 2.05) is 36.2 Å². The number of hydrogen-bond donors (Lipinski definition) is 2. The predicted molar refractivity (Wildman–Crippen MR) is 96.6 cm³/mol. The molecule has 0 atom stereocenters. The highest BCUT2D eigenvalue weighted by atomic mass is 32.1. The van der Waals surface area contributed by atoms with E-state index in [0.717, 1.165) is 37.2 Å². The van der Waals surface area contributed by atoms with Crippen molar-refractivity contribution >= 4 is 18.4 Å². The number of benzene rings is 1. The van der Waals surface area contributed by atoms with E-state index >= 15 is 0 Å². The molecule has 3 rings (SSSR count). The molecule has 7 heteroatoms. The van der Waals surface area contributed by atoms with Gasteiger partial charge < -0.3 is 5.11 Å². The quantitative estimate of drug-likeness (QED) is 0.663. The molecule has 1 aliphatic rings. The smallest absolute Gasteiger partial charge is 0.264 e. The first-order valence-corrected chi connectivity index (χ1v) is 8.42. The number of nitrogens with zero attached hydrogens (tertiary/aromatic N) is 3. The Morgan fingerprint density at radius 2 is 1.96 bits per heavy atom. The topological polar surface area (TPSA) is 73.6 Å². The molecule has 6 nitrogen and oxygen atoms in total. The number of piperidine rings is 1. The number of hydrazone groups is 1. The van der Waals surface area contributed by atoms with Gasteiger partial charge in [0.1, 0.15) is 5.56 Å². The molecule has 1 aliphatic heterocycles. The maximum atomic E-state index is 12.2. The van der Waals surface area contributed by atoms with Crippen LogP contribution in [0.4, 0.5) is 0 Å². The molecule has 1 saturated heterocycles. The van der Waals surface area contributed by atoms with Gasteiger partial charge in [-0.2, -0.15) is 5.10 Å². The van der Waals surface area contributed by atoms with Gasteiger partial charge in [0.05, 0.1) is 11.9 Å². The van der Waals surface area contributed by atoms with E-state index in [0.29, 0.717) is 0 Å². The van der Waals surface area contributed by atoms with Gasteiger partial charge in [-0.1, -0.05) is 18.2 Å². The van der Waals surface area contributed by atoms with Gasteiger partial charge in [0.2, 0.25) is 5.88 Å². The lowest BCUT2D eigenvalue weighted by molar-refractivity contribution is 0.240. The molecule has 126 valence electrons.